The van der Waals surface area contributed by atoms with Crippen molar-refractivity contribution in [3.63, 3.8) is 0 Å². The quantitative estimate of drug-likeness (QED) is 0.810. The molecule has 1 aromatic rings. The van der Waals surface area contributed by atoms with Gasteiger partial charge in [-0.05, 0) is 37.0 Å². The molecule has 0 aliphatic carbocycles. The van der Waals surface area contributed by atoms with E-state index in [4.69, 9.17) is 5.11 Å². The van der Waals surface area contributed by atoms with Crippen molar-refractivity contribution in [3.05, 3.63) is 35.1 Å². The van der Waals surface area contributed by atoms with Gasteiger partial charge in [0.15, 0.2) is 0 Å². The molecule has 0 saturated heterocycles. The van der Waals surface area contributed by atoms with Crippen LogP contribution in [0.1, 0.15) is 36.5 Å². The number of aliphatic carboxylic acids is 1. The molecule has 1 rings (SSSR count). The first-order valence-corrected chi connectivity index (χ1v) is 5.16. The minimum atomic E-state index is -0.873. The second-order valence-electron chi connectivity index (χ2n) is 3.81. The first kappa shape index (κ1) is 12.6. The van der Waals surface area contributed by atoms with Crippen LogP contribution in [0, 0.1) is 12.7 Å². The van der Waals surface area contributed by atoms with Gasteiger partial charge in [-0.1, -0.05) is 12.1 Å². The van der Waals surface area contributed by atoms with Gasteiger partial charge in [0.1, 0.15) is 5.82 Å². The zero-order valence-electron chi connectivity index (χ0n) is 9.11. The summed E-state index contributed by atoms with van der Waals surface area (Å²) in [6, 6.07) is 4.42. The van der Waals surface area contributed by atoms with Crippen molar-refractivity contribution in [2.24, 2.45) is 0 Å². The molecule has 88 valence electrons. The molecular formula is C12H15FO3. The summed E-state index contributed by atoms with van der Waals surface area (Å²) in [5.41, 5.74) is 1.11. The zero-order chi connectivity index (χ0) is 12.1. The number of carboxylic acids is 1. The van der Waals surface area contributed by atoms with E-state index in [1.807, 2.05) is 0 Å². The molecule has 1 aromatic carbocycles. The van der Waals surface area contributed by atoms with Crippen LogP contribution < -0.4 is 0 Å². The number of aliphatic hydroxyl groups is 1. The van der Waals surface area contributed by atoms with Gasteiger partial charge in [0.2, 0.25) is 0 Å². The van der Waals surface area contributed by atoms with Gasteiger partial charge in [-0.25, -0.2) is 4.39 Å². The van der Waals surface area contributed by atoms with Crippen molar-refractivity contribution in [1.29, 1.82) is 0 Å². The Hall–Kier alpha value is -1.42. The molecule has 0 heterocycles. The number of carboxylic acid groups (broad SMARTS) is 1. The summed E-state index contributed by atoms with van der Waals surface area (Å²) in [4.78, 5) is 10.3. The molecule has 0 saturated carbocycles. The third kappa shape index (κ3) is 3.62. The second-order valence-corrected chi connectivity index (χ2v) is 3.81. The van der Waals surface area contributed by atoms with Crippen LogP contribution in [0.4, 0.5) is 4.39 Å². The van der Waals surface area contributed by atoms with Crippen LogP contribution in [-0.4, -0.2) is 16.2 Å². The maximum absolute atomic E-state index is 13.0. The predicted molar refractivity (Wildman–Crippen MR) is 57.6 cm³/mol. The molecule has 3 nitrogen and oxygen atoms in total. The second kappa shape index (κ2) is 5.61. The maximum Gasteiger partial charge on any atom is 0.303 e. The molecule has 1 unspecified atom stereocenters. The Kier molecular flexibility index (Phi) is 4.43. The first-order valence-electron chi connectivity index (χ1n) is 5.16. The van der Waals surface area contributed by atoms with Gasteiger partial charge < -0.3 is 10.2 Å². The number of aliphatic hydroxyl groups excluding tert-OH is 1. The number of aryl methyl sites for hydroxylation is 1. The lowest BCUT2D eigenvalue weighted by atomic mass is 10.0. The molecule has 0 radical (unpaired) electrons. The number of hydrogen-bond acceptors (Lipinski definition) is 2. The molecule has 2 N–H and O–H groups in total. The van der Waals surface area contributed by atoms with E-state index in [9.17, 15) is 14.3 Å². The third-order valence-corrected chi connectivity index (χ3v) is 2.43. The van der Waals surface area contributed by atoms with Crippen LogP contribution in [0.15, 0.2) is 18.2 Å². The number of halogens is 1. The summed E-state index contributed by atoms with van der Waals surface area (Å²) in [5.74, 6) is -1.18. The van der Waals surface area contributed by atoms with Crippen LogP contribution in [0.3, 0.4) is 0 Å². The van der Waals surface area contributed by atoms with Crippen molar-refractivity contribution in [2.75, 3.05) is 0 Å². The average Bonchev–Trinajstić information content (AvgIpc) is 2.21. The highest BCUT2D eigenvalue weighted by Gasteiger charge is 2.09. The summed E-state index contributed by atoms with van der Waals surface area (Å²) in [6.07, 6.45) is 0.0975. The van der Waals surface area contributed by atoms with Gasteiger partial charge in [-0.3, -0.25) is 4.79 Å². The predicted octanol–water partition coefficient (Wildman–Crippen LogP) is 2.42. The van der Waals surface area contributed by atoms with Gasteiger partial charge in [-0.2, -0.15) is 0 Å². The van der Waals surface area contributed by atoms with E-state index < -0.39 is 12.1 Å². The lowest BCUT2D eigenvalue weighted by molar-refractivity contribution is -0.137. The lowest BCUT2D eigenvalue weighted by Gasteiger charge is -2.11. The Balaban J connectivity index is 2.55. The van der Waals surface area contributed by atoms with Crippen molar-refractivity contribution in [2.45, 2.75) is 32.3 Å². The maximum atomic E-state index is 13.0. The Labute approximate surface area is 93.5 Å². The average molecular weight is 226 g/mol. The highest BCUT2D eigenvalue weighted by atomic mass is 19.1. The van der Waals surface area contributed by atoms with E-state index in [1.54, 1.807) is 13.0 Å². The van der Waals surface area contributed by atoms with Gasteiger partial charge in [0.05, 0.1) is 6.10 Å². The van der Waals surface area contributed by atoms with Gasteiger partial charge >= 0.3 is 5.97 Å². The van der Waals surface area contributed by atoms with Gasteiger partial charge in [-0.15, -0.1) is 0 Å². The van der Waals surface area contributed by atoms with Crippen LogP contribution in [0.25, 0.3) is 0 Å². The minimum absolute atomic E-state index is 0.0389. The summed E-state index contributed by atoms with van der Waals surface area (Å²) in [7, 11) is 0. The SMILES string of the molecule is Cc1cc(C(O)CCCC(=O)O)ccc1F. The molecule has 0 fully saturated rings. The number of benzene rings is 1. The Morgan fingerprint density at radius 3 is 2.75 bits per heavy atom. The highest BCUT2D eigenvalue weighted by Crippen LogP contribution is 2.21. The Morgan fingerprint density at radius 2 is 2.19 bits per heavy atom. The molecule has 1 atom stereocenters. The Bertz CT molecular complexity index is 377. The van der Waals surface area contributed by atoms with Crippen LogP contribution in [0.5, 0.6) is 0 Å². The molecule has 0 aromatic heterocycles. The fraction of sp³-hybridized carbons (Fsp3) is 0.417. The Morgan fingerprint density at radius 1 is 1.50 bits per heavy atom. The molecule has 0 amide bonds. The fourth-order valence-electron chi connectivity index (χ4n) is 1.49. The summed E-state index contributed by atoms with van der Waals surface area (Å²) in [5, 5.41) is 18.2. The van der Waals surface area contributed by atoms with Crippen LogP contribution in [-0.2, 0) is 4.79 Å². The summed E-state index contributed by atoms with van der Waals surface area (Å²) in [6.45, 7) is 1.63. The zero-order valence-corrected chi connectivity index (χ0v) is 9.11. The monoisotopic (exact) mass is 226 g/mol. The molecule has 0 spiro atoms. The number of carbonyl (C=O) groups is 1. The molecule has 0 aliphatic rings. The van der Waals surface area contributed by atoms with E-state index in [2.05, 4.69) is 0 Å². The van der Waals surface area contributed by atoms with Crippen molar-refractivity contribution < 1.29 is 19.4 Å². The van der Waals surface area contributed by atoms with Crippen LogP contribution >= 0.6 is 0 Å². The highest BCUT2D eigenvalue weighted by molar-refractivity contribution is 5.66. The summed E-state index contributed by atoms with van der Waals surface area (Å²) < 4.78 is 13.0. The molecule has 16 heavy (non-hydrogen) atoms. The van der Waals surface area contributed by atoms with E-state index in [0.29, 0.717) is 24.0 Å². The largest absolute Gasteiger partial charge is 0.481 e. The molecule has 4 heteroatoms. The number of hydrogen-bond donors (Lipinski definition) is 2. The molecule has 0 bridgehead atoms. The topological polar surface area (TPSA) is 57.5 Å². The van der Waals surface area contributed by atoms with E-state index in [-0.39, 0.29) is 12.2 Å². The normalized spacial score (nSPS) is 12.4. The third-order valence-electron chi connectivity index (χ3n) is 2.43. The van der Waals surface area contributed by atoms with Crippen LogP contribution in [0.2, 0.25) is 0 Å². The van der Waals surface area contributed by atoms with Gasteiger partial charge in [0, 0.05) is 6.42 Å². The van der Waals surface area contributed by atoms with E-state index in [1.165, 1.54) is 12.1 Å². The van der Waals surface area contributed by atoms with Crippen molar-refractivity contribution >= 4 is 5.97 Å². The molecular weight excluding hydrogens is 211 g/mol. The molecule has 0 aliphatic heterocycles. The lowest BCUT2D eigenvalue weighted by Crippen LogP contribution is -2.01. The van der Waals surface area contributed by atoms with E-state index in [0.717, 1.165) is 0 Å². The number of rotatable bonds is 5. The van der Waals surface area contributed by atoms with Gasteiger partial charge in [0.25, 0.3) is 0 Å². The minimum Gasteiger partial charge on any atom is -0.481 e. The standard InChI is InChI=1S/C12H15FO3/c1-8-7-9(5-6-10(8)13)11(14)3-2-4-12(15)16/h5-7,11,14H,2-4H2,1H3,(H,15,16). The van der Waals surface area contributed by atoms with Crippen molar-refractivity contribution in [3.8, 4) is 0 Å². The smallest absolute Gasteiger partial charge is 0.303 e. The fourth-order valence-corrected chi connectivity index (χ4v) is 1.49. The van der Waals surface area contributed by atoms with E-state index >= 15 is 0 Å². The summed E-state index contributed by atoms with van der Waals surface area (Å²) >= 11 is 0. The first-order chi connectivity index (χ1) is 7.50. The van der Waals surface area contributed by atoms with Crippen molar-refractivity contribution in [1.82, 2.24) is 0 Å².